The molecule has 2 N–H and O–H groups in total. The third-order valence-corrected chi connectivity index (χ3v) is 2.32. The predicted octanol–water partition coefficient (Wildman–Crippen LogP) is 0.547. The van der Waals surface area contributed by atoms with Crippen molar-refractivity contribution in [3.8, 4) is 5.75 Å². The molecule has 0 saturated carbocycles. The predicted molar refractivity (Wildman–Crippen MR) is 44.6 cm³/mol. The van der Waals surface area contributed by atoms with Crippen LogP contribution < -0.4 is 0 Å². The van der Waals surface area contributed by atoms with Gasteiger partial charge in [-0.3, -0.25) is 14.7 Å². The summed E-state index contributed by atoms with van der Waals surface area (Å²) < 4.78 is 29.9. The fourth-order valence-corrected chi connectivity index (χ4v) is 1.50. The highest BCUT2D eigenvalue weighted by atomic mass is 32.2. The van der Waals surface area contributed by atoms with Crippen LogP contribution in [0.1, 0.15) is 0 Å². The molecule has 7 nitrogen and oxygen atoms in total. The summed E-state index contributed by atoms with van der Waals surface area (Å²) in [4.78, 5) is 8.48. The average Bonchev–Trinajstić information content (AvgIpc) is 2.01. The lowest BCUT2D eigenvalue weighted by atomic mass is 10.3. The summed E-state index contributed by atoms with van der Waals surface area (Å²) in [5.74, 6) is -0.455. The lowest BCUT2D eigenvalue weighted by Crippen LogP contribution is -2.02. The molecule has 76 valence electrons. The summed E-state index contributed by atoms with van der Waals surface area (Å²) in [6.07, 6.45) is 0. The topological polar surface area (TPSA) is 118 Å². The molecule has 0 saturated heterocycles. The molecule has 0 aliphatic carbocycles. The highest BCUT2D eigenvalue weighted by Crippen LogP contribution is 2.27. The van der Waals surface area contributed by atoms with E-state index in [9.17, 15) is 18.5 Å². The van der Waals surface area contributed by atoms with E-state index in [-0.39, 0.29) is 0 Å². The van der Waals surface area contributed by atoms with Gasteiger partial charge in [0.05, 0.1) is 11.0 Å². The maximum Gasteiger partial charge on any atom is 0.301 e. The minimum Gasteiger partial charge on any atom is -0.508 e. The minimum atomic E-state index is -4.65. The van der Waals surface area contributed by atoms with Gasteiger partial charge in [-0.25, -0.2) is 0 Å². The van der Waals surface area contributed by atoms with Crippen molar-refractivity contribution in [2.75, 3.05) is 0 Å². The van der Waals surface area contributed by atoms with E-state index in [0.29, 0.717) is 6.07 Å². The second kappa shape index (κ2) is 3.24. The van der Waals surface area contributed by atoms with Crippen LogP contribution in [0.25, 0.3) is 0 Å². The number of benzene rings is 1. The number of rotatable bonds is 2. The van der Waals surface area contributed by atoms with Gasteiger partial charge in [0.2, 0.25) is 0 Å². The van der Waals surface area contributed by atoms with Crippen molar-refractivity contribution < 1.29 is 23.0 Å². The standard InChI is InChI=1S/C6H5NO6S/c8-4-1-2-6(14(11,12)13)5(3-4)7(9)10/h1-3,8H,(H,11,12,13). The van der Waals surface area contributed by atoms with Gasteiger partial charge in [0, 0.05) is 0 Å². The molecular formula is C6H5NO6S. The van der Waals surface area contributed by atoms with Crippen molar-refractivity contribution in [3.63, 3.8) is 0 Å². The van der Waals surface area contributed by atoms with Gasteiger partial charge in [0.1, 0.15) is 5.75 Å². The molecule has 1 rings (SSSR count). The first-order valence-electron chi connectivity index (χ1n) is 3.27. The van der Waals surface area contributed by atoms with Gasteiger partial charge in [-0.1, -0.05) is 0 Å². The molecule has 0 radical (unpaired) electrons. The maximum absolute atomic E-state index is 10.6. The Kier molecular flexibility index (Phi) is 2.41. The van der Waals surface area contributed by atoms with Crippen molar-refractivity contribution in [2.24, 2.45) is 0 Å². The van der Waals surface area contributed by atoms with Gasteiger partial charge in [0.15, 0.2) is 4.90 Å². The van der Waals surface area contributed by atoms with E-state index >= 15 is 0 Å². The highest BCUT2D eigenvalue weighted by molar-refractivity contribution is 7.86. The van der Waals surface area contributed by atoms with Gasteiger partial charge < -0.3 is 5.11 Å². The quantitative estimate of drug-likeness (QED) is 0.426. The average molecular weight is 219 g/mol. The Morgan fingerprint density at radius 3 is 2.36 bits per heavy atom. The number of hydrogen-bond acceptors (Lipinski definition) is 5. The van der Waals surface area contributed by atoms with Crippen LogP contribution in [0, 0.1) is 10.1 Å². The molecule has 0 unspecified atom stereocenters. The Bertz CT molecular complexity index is 479. The molecule has 0 bridgehead atoms. The Morgan fingerprint density at radius 1 is 1.36 bits per heavy atom. The SMILES string of the molecule is O=[N+]([O-])c1cc(O)ccc1S(=O)(=O)O. The van der Waals surface area contributed by atoms with Crippen LogP contribution in [0.5, 0.6) is 5.75 Å². The van der Waals surface area contributed by atoms with Gasteiger partial charge in [0.25, 0.3) is 5.69 Å². The number of nitrogens with zero attached hydrogens (tertiary/aromatic N) is 1. The van der Waals surface area contributed by atoms with E-state index in [1.807, 2.05) is 0 Å². The molecule has 0 atom stereocenters. The maximum atomic E-state index is 10.6. The third kappa shape index (κ3) is 1.98. The number of phenols is 1. The lowest BCUT2D eigenvalue weighted by molar-refractivity contribution is -0.388. The Balaban J connectivity index is 3.53. The first-order chi connectivity index (χ1) is 6.32. The van der Waals surface area contributed by atoms with Crippen LogP contribution in [0.15, 0.2) is 23.1 Å². The normalized spacial score (nSPS) is 11.2. The number of nitro groups is 1. The van der Waals surface area contributed by atoms with Crippen LogP contribution in [0.2, 0.25) is 0 Å². The summed E-state index contributed by atoms with van der Waals surface area (Å²) in [5, 5.41) is 19.2. The Morgan fingerprint density at radius 2 is 1.93 bits per heavy atom. The molecule has 0 amide bonds. The second-order valence-corrected chi connectivity index (χ2v) is 3.77. The fourth-order valence-electron chi connectivity index (χ4n) is 0.867. The van der Waals surface area contributed by atoms with Crippen LogP contribution in [-0.4, -0.2) is 23.0 Å². The van der Waals surface area contributed by atoms with Crippen molar-refractivity contribution in [2.45, 2.75) is 4.90 Å². The number of hydrogen-bond donors (Lipinski definition) is 2. The number of aromatic hydroxyl groups is 1. The smallest absolute Gasteiger partial charge is 0.301 e. The first-order valence-corrected chi connectivity index (χ1v) is 4.71. The zero-order valence-corrected chi connectivity index (χ0v) is 7.43. The zero-order chi connectivity index (χ0) is 10.9. The largest absolute Gasteiger partial charge is 0.508 e. The van der Waals surface area contributed by atoms with Crippen molar-refractivity contribution >= 4 is 15.8 Å². The van der Waals surface area contributed by atoms with Crippen LogP contribution >= 0.6 is 0 Å². The molecule has 0 aliphatic rings. The highest BCUT2D eigenvalue weighted by Gasteiger charge is 2.23. The molecule has 1 aromatic rings. The van der Waals surface area contributed by atoms with E-state index in [4.69, 9.17) is 9.66 Å². The number of nitro benzene ring substituents is 1. The van der Waals surface area contributed by atoms with Crippen molar-refractivity contribution in [1.82, 2.24) is 0 Å². The van der Waals surface area contributed by atoms with E-state index in [0.717, 1.165) is 12.1 Å². The van der Waals surface area contributed by atoms with Gasteiger partial charge in [-0.2, -0.15) is 8.42 Å². The monoisotopic (exact) mass is 219 g/mol. The Labute approximate surface area is 78.5 Å². The van der Waals surface area contributed by atoms with Gasteiger partial charge in [-0.05, 0) is 12.1 Å². The molecule has 0 aromatic heterocycles. The van der Waals surface area contributed by atoms with E-state index < -0.39 is 31.4 Å². The number of phenolic OH excluding ortho intramolecular Hbond substituents is 1. The molecule has 0 heterocycles. The molecule has 0 aliphatic heterocycles. The zero-order valence-electron chi connectivity index (χ0n) is 6.61. The first kappa shape index (κ1) is 10.4. The van der Waals surface area contributed by atoms with Gasteiger partial charge >= 0.3 is 10.1 Å². The summed E-state index contributed by atoms with van der Waals surface area (Å²) in [6.45, 7) is 0. The fraction of sp³-hybridized carbons (Fsp3) is 0. The van der Waals surface area contributed by atoms with Crippen LogP contribution in [0.3, 0.4) is 0 Å². The summed E-state index contributed by atoms with van der Waals surface area (Å²) in [5.41, 5.74) is -0.868. The molecular weight excluding hydrogens is 214 g/mol. The molecule has 0 spiro atoms. The van der Waals surface area contributed by atoms with Crippen molar-refractivity contribution in [3.05, 3.63) is 28.3 Å². The third-order valence-electron chi connectivity index (χ3n) is 1.42. The minimum absolute atomic E-state index is 0.455. The summed E-state index contributed by atoms with van der Waals surface area (Å²) in [6, 6.07) is 2.32. The molecule has 8 heteroatoms. The molecule has 14 heavy (non-hydrogen) atoms. The summed E-state index contributed by atoms with van der Waals surface area (Å²) >= 11 is 0. The van der Waals surface area contributed by atoms with Crippen LogP contribution in [-0.2, 0) is 10.1 Å². The lowest BCUT2D eigenvalue weighted by Gasteiger charge is -1.99. The van der Waals surface area contributed by atoms with Crippen molar-refractivity contribution in [1.29, 1.82) is 0 Å². The van der Waals surface area contributed by atoms with E-state index in [1.165, 1.54) is 0 Å². The Hall–Kier alpha value is -1.67. The molecule has 1 aromatic carbocycles. The second-order valence-electron chi connectivity index (χ2n) is 2.38. The van der Waals surface area contributed by atoms with E-state index in [2.05, 4.69) is 0 Å². The van der Waals surface area contributed by atoms with Crippen LogP contribution in [0.4, 0.5) is 5.69 Å². The van der Waals surface area contributed by atoms with Gasteiger partial charge in [-0.15, -0.1) is 0 Å². The molecule has 0 fully saturated rings. The summed E-state index contributed by atoms with van der Waals surface area (Å²) in [7, 11) is -4.65. The van der Waals surface area contributed by atoms with E-state index in [1.54, 1.807) is 0 Å².